The van der Waals surface area contributed by atoms with Crippen molar-refractivity contribution in [3.05, 3.63) is 29.3 Å². The van der Waals surface area contributed by atoms with Crippen LogP contribution in [0.1, 0.15) is 44.2 Å². The van der Waals surface area contributed by atoms with Gasteiger partial charge in [-0.25, -0.2) is 8.42 Å². The predicted octanol–water partition coefficient (Wildman–Crippen LogP) is 3.55. The summed E-state index contributed by atoms with van der Waals surface area (Å²) in [4.78, 5) is 0.380. The van der Waals surface area contributed by atoms with Crippen molar-refractivity contribution in [1.29, 1.82) is 0 Å². The summed E-state index contributed by atoms with van der Waals surface area (Å²) in [7, 11) is -3.38. The van der Waals surface area contributed by atoms with Crippen LogP contribution in [0, 0.1) is 0 Å². The van der Waals surface area contributed by atoms with E-state index in [2.05, 4.69) is 0 Å². The molecule has 0 unspecified atom stereocenters. The van der Waals surface area contributed by atoms with Gasteiger partial charge in [-0.2, -0.15) is 4.31 Å². The molecule has 0 saturated heterocycles. The number of sulfonamides is 1. The zero-order valence-electron chi connectivity index (χ0n) is 12.1. The SMILES string of the molecule is CCCN(C1CC1)S(=O)(=O)c1ccc(CC)c(CCl)c1. The highest BCUT2D eigenvalue weighted by atomic mass is 35.5. The summed E-state index contributed by atoms with van der Waals surface area (Å²) in [5.74, 6) is 0.351. The summed E-state index contributed by atoms with van der Waals surface area (Å²) in [5.41, 5.74) is 2.04. The molecule has 1 aromatic carbocycles. The third kappa shape index (κ3) is 3.18. The second kappa shape index (κ2) is 6.46. The Morgan fingerprint density at radius 1 is 1.25 bits per heavy atom. The van der Waals surface area contributed by atoms with Crippen molar-refractivity contribution >= 4 is 21.6 Å². The number of halogens is 1. The van der Waals surface area contributed by atoms with Gasteiger partial charge < -0.3 is 0 Å². The summed E-state index contributed by atoms with van der Waals surface area (Å²) in [6, 6.07) is 5.55. The summed E-state index contributed by atoms with van der Waals surface area (Å²) in [5, 5.41) is 0. The maximum atomic E-state index is 12.8. The van der Waals surface area contributed by atoms with Crippen molar-refractivity contribution in [2.24, 2.45) is 0 Å². The lowest BCUT2D eigenvalue weighted by atomic mass is 10.1. The van der Waals surface area contributed by atoms with E-state index in [4.69, 9.17) is 11.6 Å². The van der Waals surface area contributed by atoms with Crippen molar-refractivity contribution in [3.8, 4) is 0 Å². The van der Waals surface area contributed by atoms with E-state index in [1.807, 2.05) is 19.9 Å². The Hall–Kier alpha value is -0.580. The van der Waals surface area contributed by atoms with Gasteiger partial charge in [0.1, 0.15) is 0 Å². The Morgan fingerprint density at radius 2 is 1.95 bits per heavy atom. The molecule has 1 fully saturated rings. The second-order valence-electron chi connectivity index (χ2n) is 5.26. The quantitative estimate of drug-likeness (QED) is 0.722. The van der Waals surface area contributed by atoms with Crippen molar-refractivity contribution in [2.45, 2.75) is 56.3 Å². The molecule has 3 nitrogen and oxygen atoms in total. The Labute approximate surface area is 127 Å². The number of rotatable bonds is 7. The van der Waals surface area contributed by atoms with Crippen LogP contribution in [0.4, 0.5) is 0 Å². The number of benzene rings is 1. The molecule has 0 amide bonds. The molecule has 1 aromatic rings. The lowest BCUT2D eigenvalue weighted by Crippen LogP contribution is -2.33. The molecule has 0 spiro atoms. The Bertz CT molecular complexity index is 567. The lowest BCUT2D eigenvalue weighted by Gasteiger charge is -2.22. The third-order valence-electron chi connectivity index (χ3n) is 3.71. The van der Waals surface area contributed by atoms with Crippen molar-refractivity contribution in [1.82, 2.24) is 4.31 Å². The number of alkyl halides is 1. The Kier molecular flexibility index (Phi) is 5.10. The van der Waals surface area contributed by atoms with Gasteiger partial charge in [-0.3, -0.25) is 0 Å². The first-order valence-corrected chi connectivity index (χ1v) is 9.21. The molecule has 0 radical (unpaired) electrons. The van der Waals surface area contributed by atoms with Crippen LogP contribution < -0.4 is 0 Å². The van der Waals surface area contributed by atoms with Crippen LogP contribution in [0.15, 0.2) is 23.1 Å². The van der Waals surface area contributed by atoms with Gasteiger partial charge in [-0.15, -0.1) is 11.6 Å². The minimum atomic E-state index is -3.38. The first-order chi connectivity index (χ1) is 9.54. The molecule has 1 aliphatic carbocycles. The van der Waals surface area contributed by atoms with E-state index >= 15 is 0 Å². The average Bonchev–Trinajstić information content (AvgIpc) is 3.28. The zero-order valence-corrected chi connectivity index (χ0v) is 13.7. The topological polar surface area (TPSA) is 37.4 Å². The molecular formula is C15H22ClNO2S. The molecule has 0 N–H and O–H groups in total. The molecule has 5 heteroatoms. The van der Waals surface area contributed by atoms with E-state index in [0.29, 0.717) is 17.3 Å². The minimum Gasteiger partial charge on any atom is -0.207 e. The van der Waals surface area contributed by atoms with Crippen LogP contribution in [0.25, 0.3) is 0 Å². The average molecular weight is 316 g/mol. The molecule has 0 bridgehead atoms. The number of aryl methyl sites for hydroxylation is 1. The van der Waals surface area contributed by atoms with Gasteiger partial charge >= 0.3 is 0 Å². The van der Waals surface area contributed by atoms with Gasteiger partial charge in [-0.1, -0.05) is 19.9 Å². The fraction of sp³-hybridized carbons (Fsp3) is 0.600. The summed E-state index contributed by atoms with van der Waals surface area (Å²) in [6.07, 6.45) is 3.66. The van der Waals surface area contributed by atoms with Crippen molar-refractivity contribution in [2.75, 3.05) is 6.54 Å². The van der Waals surface area contributed by atoms with E-state index in [-0.39, 0.29) is 6.04 Å². The van der Waals surface area contributed by atoms with Gasteiger partial charge in [0, 0.05) is 18.5 Å². The molecule has 0 aromatic heterocycles. The second-order valence-corrected chi connectivity index (χ2v) is 7.42. The van der Waals surface area contributed by atoms with Gasteiger partial charge in [0.15, 0.2) is 0 Å². The molecule has 0 heterocycles. The lowest BCUT2D eigenvalue weighted by molar-refractivity contribution is 0.403. The zero-order chi connectivity index (χ0) is 14.8. The minimum absolute atomic E-state index is 0.199. The van der Waals surface area contributed by atoms with E-state index < -0.39 is 10.0 Å². The highest BCUT2D eigenvalue weighted by Gasteiger charge is 2.37. The first-order valence-electron chi connectivity index (χ1n) is 7.24. The Balaban J connectivity index is 2.37. The molecule has 2 rings (SSSR count). The smallest absolute Gasteiger partial charge is 0.207 e. The number of nitrogens with zero attached hydrogens (tertiary/aromatic N) is 1. The van der Waals surface area contributed by atoms with Crippen LogP contribution >= 0.6 is 11.6 Å². The molecule has 0 aliphatic heterocycles. The van der Waals surface area contributed by atoms with E-state index in [1.54, 1.807) is 16.4 Å². The van der Waals surface area contributed by atoms with Crippen molar-refractivity contribution in [3.63, 3.8) is 0 Å². The Morgan fingerprint density at radius 3 is 2.45 bits per heavy atom. The highest BCUT2D eigenvalue weighted by Crippen LogP contribution is 2.32. The molecule has 1 aliphatic rings. The van der Waals surface area contributed by atoms with E-state index in [9.17, 15) is 8.42 Å². The molecular weight excluding hydrogens is 294 g/mol. The van der Waals surface area contributed by atoms with E-state index in [0.717, 1.165) is 36.8 Å². The normalized spacial score (nSPS) is 15.8. The molecule has 20 heavy (non-hydrogen) atoms. The van der Waals surface area contributed by atoms with Gasteiger partial charge in [0.2, 0.25) is 10.0 Å². The fourth-order valence-corrected chi connectivity index (χ4v) is 4.53. The predicted molar refractivity (Wildman–Crippen MR) is 82.6 cm³/mol. The van der Waals surface area contributed by atoms with Gasteiger partial charge in [0.25, 0.3) is 0 Å². The standard InChI is InChI=1S/C15H22ClNO2S/c1-3-9-17(14-6-7-14)20(18,19)15-8-5-12(4-2)13(10-15)11-16/h5,8,10,14H,3-4,6-7,9,11H2,1-2H3. The summed E-state index contributed by atoms with van der Waals surface area (Å²) >= 11 is 5.94. The first kappa shape index (κ1) is 15.8. The van der Waals surface area contributed by atoms with Crippen LogP contribution in [0.3, 0.4) is 0 Å². The van der Waals surface area contributed by atoms with Crippen LogP contribution in [0.5, 0.6) is 0 Å². The van der Waals surface area contributed by atoms with Crippen molar-refractivity contribution < 1.29 is 8.42 Å². The maximum absolute atomic E-state index is 12.8. The van der Waals surface area contributed by atoms with Gasteiger partial charge in [-0.05, 0) is 48.9 Å². The highest BCUT2D eigenvalue weighted by molar-refractivity contribution is 7.89. The van der Waals surface area contributed by atoms with Crippen LogP contribution in [-0.2, 0) is 22.3 Å². The fourth-order valence-electron chi connectivity index (χ4n) is 2.45. The molecule has 0 atom stereocenters. The third-order valence-corrected chi connectivity index (χ3v) is 5.94. The largest absolute Gasteiger partial charge is 0.243 e. The summed E-state index contributed by atoms with van der Waals surface area (Å²) < 4.78 is 27.2. The number of hydrogen-bond donors (Lipinski definition) is 0. The maximum Gasteiger partial charge on any atom is 0.243 e. The molecule has 1 saturated carbocycles. The summed E-state index contributed by atoms with van der Waals surface area (Å²) in [6.45, 7) is 4.65. The van der Waals surface area contributed by atoms with Crippen LogP contribution in [0.2, 0.25) is 0 Å². The monoisotopic (exact) mass is 315 g/mol. The number of hydrogen-bond acceptors (Lipinski definition) is 2. The van der Waals surface area contributed by atoms with Crippen LogP contribution in [-0.4, -0.2) is 25.3 Å². The van der Waals surface area contributed by atoms with E-state index in [1.165, 1.54) is 0 Å². The van der Waals surface area contributed by atoms with Gasteiger partial charge in [0.05, 0.1) is 4.90 Å². The molecule has 112 valence electrons.